The van der Waals surface area contributed by atoms with Crippen molar-refractivity contribution in [2.75, 3.05) is 24.9 Å². The quantitative estimate of drug-likeness (QED) is 0.0558. The topological polar surface area (TPSA) is 15.5 Å². The molecule has 0 aromatic heterocycles. The molecule has 0 N–H and O–H groups in total. The summed E-state index contributed by atoms with van der Waals surface area (Å²) in [5, 5.41) is 0. The van der Waals surface area contributed by atoms with Gasteiger partial charge in [0.1, 0.15) is 5.75 Å². The third kappa shape index (κ3) is 6.88. The number of unbranched alkanes of at least 4 members (excludes halogenated alkanes) is 1. The highest BCUT2D eigenvalue weighted by Gasteiger charge is 2.49. The van der Waals surface area contributed by atoms with Crippen LogP contribution in [0.25, 0.3) is 5.57 Å². The molecule has 1 aliphatic carbocycles. The van der Waals surface area contributed by atoms with Crippen molar-refractivity contribution < 1.29 is 9.31 Å². The van der Waals surface area contributed by atoms with Crippen molar-refractivity contribution in [3.05, 3.63) is 180 Å². The zero-order valence-electron chi connectivity index (χ0n) is 31.6. The second kappa shape index (κ2) is 15.6. The van der Waals surface area contributed by atoms with Crippen LogP contribution in [0.1, 0.15) is 61.8 Å². The van der Waals surface area contributed by atoms with E-state index < -0.39 is 5.41 Å². The Kier molecular flexibility index (Phi) is 10.8. The molecule has 3 aliphatic rings. The summed E-state index contributed by atoms with van der Waals surface area (Å²) in [6, 6.07) is 37.2. The number of para-hydroxylation sites is 1. The van der Waals surface area contributed by atoms with Crippen LogP contribution >= 0.6 is 11.6 Å². The van der Waals surface area contributed by atoms with Crippen molar-refractivity contribution >= 4 is 34.3 Å². The maximum Gasteiger partial charge on any atom is 0.210 e. The number of ether oxygens (including phenoxy) is 1. The summed E-state index contributed by atoms with van der Waals surface area (Å²) in [6.07, 6.45) is 20.6. The summed E-state index contributed by atoms with van der Waals surface area (Å²) in [7, 11) is 3.91. The third-order valence-electron chi connectivity index (χ3n) is 12.0. The average molecular weight is 720 g/mol. The molecule has 0 bridgehead atoms. The summed E-state index contributed by atoms with van der Waals surface area (Å²) < 4.78 is 8.33. The minimum atomic E-state index is -0.435. The molecule has 2 heterocycles. The van der Waals surface area contributed by atoms with Crippen LogP contribution in [-0.4, -0.2) is 30.3 Å². The maximum atomic E-state index is 6.79. The fourth-order valence-corrected chi connectivity index (χ4v) is 9.33. The molecule has 270 valence electrons. The first-order valence-electron chi connectivity index (χ1n) is 19.0. The SMILES string of the molecule is C=CC(CCl)C1(C)C(=CC(=CC2=[N+](Cc3ccccc3)c3ccccc3C2(C)CCCCC2C=CC=C2)c2ccccc2)N(C)c2ccc(OC)cc21. The van der Waals surface area contributed by atoms with Gasteiger partial charge in [-0.3, -0.25) is 0 Å². The van der Waals surface area contributed by atoms with E-state index in [-0.39, 0.29) is 11.3 Å². The lowest BCUT2D eigenvalue weighted by Crippen LogP contribution is -2.35. The number of hydrogen-bond acceptors (Lipinski definition) is 2. The number of hydrogen-bond donors (Lipinski definition) is 0. The minimum Gasteiger partial charge on any atom is -0.497 e. The minimum absolute atomic E-state index is 0.00367. The van der Waals surface area contributed by atoms with Crippen molar-refractivity contribution in [3.63, 3.8) is 0 Å². The van der Waals surface area contributed by atoms with E-state index in [1.165, 1.54) is 57.8 Å². The number of allylic oxidation sites excluding steroid dienone is 9. The van der Waals surface area contributed by atoms with Gasteiger partial charge in [-0.2, -0.15) is 4.58 Å². The lowest BCUT2D eigenvalue weighted by molar-refractivity contribution is -0.455. The molecule has 0 fully saturated rings. The van der Waals surface area contributed by atoms with Gasteiger partial charge in [-0.1, -0.05) is 122 Å². The van der Waals surface area contributed by atoms with E-state index in [4.69, 9.17) is 16.3 Å². The number of likely N-dealkylation sites (N-methyl/N-ethyl adjacent to an activating group) is 1. The lowest BCUT2D eigenvalue weighted by atomic mass is 9.71. The average Bonchev–Trinajstić information content (AvgIpc) is 3.85. The molecular weight excluding hydrogens is 668 g/mol. The molecule has 2 aliphatic heterocycles. The van der Waals surface area contributed by atoms with Crippen LogP contribution in [0, 0.1) is 11.8 Å². The van der Waals surface area contributed by atoms with E-state index >= 15 is 0 Å². The molecule has 0 radical (unpaired) electrons. The van der Waals surface area contributed by atoms with E-state index in [9.17, 15) is 0 Å². The van der Waals surface area contributed by atoms with Gasteiger partial charge in [0.05, 0.1) is 12.5 Å². The summed E-state index contributed by atoms with van der Waals surface area (Å²) in [5.74, 6) is 1.85. The van der Waals surface area contributed by atoms with E-state index in [1.54, 1.807) is 7.11 Å². The van der Waals surface area contributed by atoms with Crippen LogP contribution in [0.2, 0.25) is 0 Å². The van der Waals surface area contributed by atoms with Gasteiger partial charge in [-0.25, -0.2) is 0 Å². The fraction of sp³-hybridized carbons (Fsp3) is 0.286. The standard InChI is InChI=1S/C49H52ClN2O/c1-6-40(34-50)49(3)43-33-41(53-5)28-29-44(43)51(4)47(49)32-39(38-24-11-8-12-25-38)31-46-48(2,30-18-17-21-36-19-13-14-20-36)42-26-15-16-27-45(42)52(46)35-37-22-9-7-10-23-37/h6-16,19-20,22-29,31-33,36,40H,1,17-18,21,30,34-35H2,2-5H3/q+1. The second-order valence-corrected chi connectivity index (χ2v) is 15.4. The first kappa shape index (κ1) is 36.5. The van der Waals surface area contributed by atoms with Gasteiger partial charge in [0.15, 0.2) is 12.3 Å². The van der Waals surface area contributed by atoms with Crippen LogP contribution < -0.4 is 9.64 Å². The second-order valence-electron chi connectivity index (χ2n) is 15.1. The van der Waals surface area contributed by atoms with Gasteiger partial charge < -0.3 is 9.64 Å². The molecule has 0 amide bonds. The number of fused-ring (bicyclic) bond motifs is 2. The zero-order chi connectivity index (χ0) is 37.0. The maximum absolute atomic E-state index is 6.79. The summed E-state index contributed by atoms with van der Waals surface area (Å²) >= 11 is 6.79. The van der Waals surface area contributed by atoms with Gasteiger partial charge in [-0.15, -0.1) is 18.2 Å². The van der Waals surface area contributed by atoms with Crippen molar-refractivity contribution in [3.8, 4) is 5.75 Å². The van der Waals surface area contributed by atoms with Gasteiger partial charge >= 0.3 is 0 Å². The predicted octanol–water partition coefficient (Wildman–Crippen LogP) is 12.0. The molecule has 3 atom stereocenters. The van der Waals surface area contributed by atoms with Crippen molar-refractivity contribution in [2.24, 2.45) is 11.8 Å². The molecule has 4 aromatic carbocycles. The Morgan fingerprint density at radius 2 is 1.60 bits per heavy atom. The van der Waals surface area contributed by atoms with Gasteiger partial charge in [0.2, 0.25) is 5.69 Å². The van der Waals surface area contributed by atoms with Crippen molar-refractivity contribution in [1.29, 1.82) is 0 Å². The van der Waals surface area contributed by atoms with Crippen molar-refractivity contribution in [2.45, 2.75) is 56.9 Å². The largest absolute Gasteiger partial charge is 0.497 e. The molecule has 4 heteroatoms. The molecule has 0 saturated carbocycles. The van der Waals surface area contributed by atoms with Crippen LogP contribution in [-0.2, 0) is 17.4 Å². The molecule has 0 saturated heterocycles. The Balaban J connectivity index is 1.42. The highest BCUT2D eigenvalue weighted by Crippen LogP contribution is 2.54. The normalized spacial score (nSPS) is 22.1. The van der Waals surface area contributed by atoms with E-state index in [0.29, 0.717) is 11.8 Å². The van der Waals surface area contributed by atoms with Crippen LogP contribution in [0.3, 0.4) is 0 Å². The molecule has 0 spiro atoms. The van der Waals surface area contributed by atoms with E-state index in [0.717, 1.165) is 30.8 Å². The molecule has 7 rings (SSSR count). The fourth-order valence-electron chi connectivity index (χ4n) is 8.90. The number of halogens is 1. The third-order valence-corrected chi connectivity index (χ3v) is 12.4. The molecule has 53 heavy (non-hydrogen) atoms. The predicted molar refractivity (Wildman–Crippen MR) is 225 cm³/mol. The Morgan fingerprint density at radius 3 is 2.30 bits per heavy atom. The van der Waals surface area contributed by atoms with Gasteiger partial charge in [0.25, 0.3) is 0 Å². The van der Waals surface area contributed by atoms with Crippen LogP contribution in [0.4, 0.5) is 11.4 Å². The monoisotopic (exact) mass is 719 g/mol. The van der Waals surface area contributed by atoms with Gasteiger partial charge in [-0.05, 0) is 73.6 Å². The summed E-state index contributed by atoms with van der Waals surface area (Å²) in [5.41, 5.74) is 10.6. The lowest BCUT2D eigenvalue weighted by Gasteiger charge is -2.34. The molecule has 3 unspecified atom stereocenters. The number of alkyl halides is 1. The summed E-state index contributed by atoms with van der Waals surface area (Å²) in [4.78, 5) is 2.34. The molecular formula is C49H52ClN2O+. The van der Waals surface area contributed by atoms with Crippen molar-refractivity contribution in [1.82, 2.24) is 0 Å². The first-order valence-corrected chi connectivity index (χ1v) is 19.6. The zero-order valence-corrected chi connectivity index (χ0v) is 32.4. The Labute approximate surface area is 322 Å². The van der Waals surface area contributed by atoms with Crippen LogP contribution in [0.5, 0.6) is 5.75 Å². The number of anilines is 1. The highest BCUT2D eigenvalue weighted by molar-refractivity contribution is 6.18. The number of methoxy groups -OCH3 is 1. The Bertz CT molecular complexity index is 2100. The summed E-state index contributed by atoms with van der Waals surface area (Å²) in [6.45, 7) is 9.86. The van der Waals surface area contributed by atoms with Gasteiger partial charge in [0, 0.05) is 58.9 Å². The van der Waals surface area contributed by atoms with E-state index in [1.807, 2.05) is 12.1 Å². The number of nitrogens with zero attached hydrogens (tertiary/aromatic N) is 2. The Hall–Kier alpha value is -4.86. The smallest absolute Gasteiger partial charge is 0.210 e. The molecule has 3 nitrogen and oxygen atoms in total. The van der Waals surface area contributed by atoms with Crippen LogP contribution in [0.15, 0.2) is 158 Å². The Morgan fingerprint density at radius 1 is 0.906 bits per heavy atom. The highest BCUT2D eigenvalue weighted by atomic mass is 35.5. The van der Waals surface area contributed by atoms with E-state index in [2.05, 4.69) is 170 Å². The molecule has 4 aromatic rings. The first-order chi connectivity index (χ1) is 25.8. The number of rotatable bonds is 14. The number of benzene rings is 4.